The molecule has 1 N–H and O–H groups in total. The smallest absolute Gasteiger partial charge is 0.241 e. The zero-order chi connectivity index (χ0) is 11.5. The third kappa shape index (κ3) is 4.52. The molecule has 1 saturated heterocycles. The molecule has 1 aliphatic rings. The molecule has 0 aromatic carbocycles. The standard InChI is InChI=1S/C11H22N2OS.ClH/c1-11(2,10(14)13(3)4)12-9-5-7-15-8-6-9;/h9,12H,5-8H2,1-4H3;1H. The van der Waals surface area contributed by atoms with Gasteiger partial charge in [-0.1, -0.05) is 0 Å². The minimum absolute atomic E-state index is 0. The number of nitrogens with zero attached hydrogens (tertiary/aromatic N) is 1. The van der Waals surface area contributed by atoms with E-state index in [0.717, 1.165) is 0 Å². The van der Waals surface area contributed by atoms with Crippen LogP contribution in [0.3, 0.4) is 0 Å². The van der Waals surface area contributed by atoms with Gasteiger partial charge >= 0.3 is 0 Å². The summed E-state index contributed by atoms with van der Waals surface area (Å²) in [5, 5.41) is 3.47. The maximum Gasteiger partial charge on any atom is 0.241 e. The van der Waals surface area contributed by atoms with Crippen LogP contribution in [0.2, 0.25) is 0 Å². The highest BCUT2D eigenvalue weighted by molar-refractivity contribution is 7.99. The molecule has 0 bridgehead atoms. The second-order valence-corrected chi connectivity index (χ2v) is 6.08. The molecular formula is C11H23ClN2OS. The minimum Gasteiger partial charge on any atom is -0.347 e. The summed E-state index contributed by atoms with van der Waals surface area (Å²) in [6.07, 6.45) is 2.35. The van der Waals surface area contributed by atoms with Crippen molar-refractivity contribution >= 4 is 30.1 Å². The molecule has 0 aliphatic carbocycles. The number of amides is 1. The highest BCUT2D eigenvalue weighted by Gasteiger charge is 2.31. The van der Waals surface area contributed by atoms with Crippen LogP contribution in [-0.4, -0.2) is 48.0 Å². The molecule has 0 aromatic heterocycles. The van der Waals surface area contributed by atoms with E-state index in [1.54, 1.807) is 4.90 Å². The SMILES string of the molecule is CN(C)C(=O)C(C)(C)NC1CCSCC1.Cl. The van der Waals surface area contributed by atoms with E-state index < -0.39 is 5.54 Å². The van der Waals surface area contributed by atoms with Crippen molar-refractivity contribution in [2.75, 3.05) is 25.6 Å². The quantitative estimate of drug-likeness (QED) is 0.845. The van der Waals surface area contributed by atoms with Crippen molar-refractivity contribution in [3.8, 4) is 0 Å². The Hall–Kier alpha value is 0.0700. The molecule has 0 aromatic rings. The van der Waals surface area contributed by atoms with E-state index in [4.69, 9.17) is 0 Å². The van der Waals surface area contributed by atoms with E-state index in [2.05, 4.69) is 5.32 Å². The first-order chi connectivity index (χ1) is 6.93. The van der Waals surface area contributed by atoms with Crippen molar-refractivity contribution in [3.05, 3.63) is 0 Å². The van der Waals surface area contributed by atoms with E-state index in [-0.39, 0.29) is 18.3 Å². The number of likely N-dealkylation sites (N-methyl/N-ethyl adjacent to an activating group) is 1. The molecule has 0 atom stereocenters. The monoisotopic (exact) mass is 266 g/mol. The lowest BCUT2D eigenvalue weighted by atomic mass is 10.00. The number of carbonyl (C=O) groups excluding carboxylic acids is 1. The Morgan fingerprint density at radius 2 is 1.81 bits per heavy atom. The van der Waals surface area contributed by atoms with Crippen molar-refractivity contribution in [2.24, 2.45) is 0 Å². The van der Waals surface area contributed by atoms with Gasteiger partial charge in [-0.25, -0.2) is 0 Å². The van der Waals surface area contributed by atoms with Crippen LogP contribution in [0.5, 0.6) is 0 Å². The Balaban J connectivity index is 0.00000225. The second kappa shape index (κ2) is 6.72. The van der Waals surface area contributed by atoms with Gasteiger partial charge in [0.2, 0.25) is 5.91 Å². The van der Waals surface area contributed by atoms with Crippen molar-refractivity contribution in [3.63, 3.8) is 0 Å². The summed E-state index contributed by atoms with van der Waals surface area (Å²) in [5.74, 6) is 2.58. The fourth-order valence-corrected chi connectivity index (χ4v) is 3.08. The largest absolute Gasteiger partial charge is 0.347 e. The van der Waals surface area contributed by atoms with Crippen LogP contribution < -0.4 is 5.32 Å². The number of hydrogen-bond donors (Lipinski definition) is 1. The Kier molecular flexibility index (Phi) is 6.75. The average Bonchev–Trinajstić information content (AvgIpc) is 2.17. The summed E-state index contributed by atoms with van der Waals surface area (Å²) in [5.41, 5.74) is -0.434. The van der Waals surface area contributed by atoms with E-state index in [0.29, 0.717) is 6.04 Å². The molecule has 1 fully saturated rings. The lowest BCUT2D eigenvalue weighted by Gasteiger charge is -2.34. The van der Waals surface area contributed by atoms with Crippen LogP contribution in [-0.2, 0) is 4.79 Å². The van der Waals surface area contributed by atoms with Crippen molar-refractivity contribution in [1.82, 2.24) is 10.2 Å². The number of thioether (sulfide) groups is 1. The molecule has 3 nitrogen and oxygen atoms in total. The molecule has 0 saturated carbocycles. The van der Waals surface area contributed by atoms with Gasteiger partial charge in [0, 0.05) is 20.1 Å². The Bertz CT molecular complexity index is 228. The number of carbonyl (C=O) groups is 1. The molecule has 1 heterocycles. The Morgan fingerprint density at radius 1 is 1.31 bits per heavy atom. The normalized spacial score (nSPS) is 17.8. The van der Waals surface area contributed by atoms with Gasteiger partial charge < -0.3 is 10.2 Å². The van der Waals surface area contributed by atoms with Crippen LogP contribution >= 0.6 is 24.2 Å². The first-order valence-corrected chi connectivity index (χ1v) is 6.66. The minimum atomic E-state index is -0.434. The molecule has 1 amide bonds. The number of rotatable bonds is 3. The molecule has 5 heteroatoms. The summed E-state index contributed by atoms with van der Waals surface area (Å²) in [4.78, 5) is 13.6. The van der Waals surface area contributed by atoms with Crippen LogP contribution in [0.4, 0.5) is 0 Å². The summed E-state index contributed by atoms with van der Waals surface area (Å²) in [6.45, 7) is 3.94. The van der Waals surface area contributed by atoms with Gasteiger partial charge in [0.25, 0.3) is 0 Å². The Morgan fingerprint density at radius 3 is 2.25 bits per heavy atom. The van der Waals surface area contributed by atoms with Gasteiger partial charge in [-0.3, -0.25) is 4.79 Å². The van der Waals surface area contributed by atoms with Gasteiger partial charge in [0.1, 0.15) is 0 Å². The second-order valence-electron chi connectivity index (χ2n) is 4.86. The fraction of sp³-hybridized carbons (Fsp3) is 0.909. The zero-order valence-electron chi connectivity index (χ0n) is 10.6. The van der Waals surface area contributed by atoms with E-state index in [1.165, 1.54) is 24.3 Å². The predicted molar refractivity (Wildman–Crippen MR) is 73.5 cm³/mol. The third-order valence-electron chi connectivity index (χ3n) is 2.73. The maximum absolute atomic E-state index is 11.9. The van der Waals surface area contributed by atoms with Gasteiger partial charge in [0.05, 0.1) is 5.54 Å². The van der Waals surface area contributed by atoms with Gasteiger partial charge in [-0.2, -0.15) is 11.8 Å². The molecule has 16 heavy (non-hydrogen) atoms. The van der Waals surface area contributed by atoms with Crippen LogP contribution in [0.1, 0.15) is 26.7 Å². The average molecular weight is 267 g/mol. The fourth-order valence-electron chi connectivity index (χ4n) is 1.97. The lowest BCUT2D eigenvalue weighted by molar-refractivity contribution is -0.134. The molecule has 0 radical (unpaired) electrons. The molecule has 1 aliphatic heterocycles. The topological polar surface area (TPSA) is 32.3 Å². The van der Waals surface area contributed by atoms with Crippen LogP contribution in [0.15, 0.2) is 0 Å². The zero-order valence-corrected chi connectivity index (χ0v) is 12.2. The van der Waals surface area contributed by atoms with Crippen LogP contribution in [0.25, 0.3) is 0 Å². The van der Waals surface area contributed by atoms with Crippen molar-refractivity contribution in [1.29, 1.82) is 0 Å². The van der Waals surface area contributed by atoms with Crippen LogP contribution in [0, 0.1) is 0 Å². The molecule has 0 unspecified atom stereocenters. The molecule has 96 valence electrons. The highest BCUT2D eigenvalue weighted by atomic mass is 35.5. The first-order valence-electron chi connectivity index (χ1n) is 5.50. The van der Waals surface area contributed by atoms with Crippen molar-refractivity contribution in [2.45, 2.75) is 38.3 Å². The third-order valence-corrected chi connectivity index (χ3v) is 3.78. The maximum atomic E-state index is 11.9. The lowest BCUT2D eigenvalue weighted by Crippen LogP contribution is -2.56. The van der Waals surface area contributed by atoms with Gasteiger partial charge in [0.15, 0.2) is 0 Å². The summed E-state index contributed by atoms with van der Waals surface area (Å²) < 4.78 is 0. The molecule has 1 rings (SSSR count). The van der Waals surface area contributed by atoms with E-state index in [1.807, 2.05) is 39.7 Å². The molecular weight excluding hydrogens is 244 g/mol. The summed E-state index contributed by atoms with van der Waals surface area (Å²) in [7, 11) is 3.62. The van der Waals surface area contributed by atoms with Crippen molar-refractivity contribution < 1.29 is 4.79 Å². The highest BCUT2D eigenvalue weighted by Crippen LogP contribution is 2.19. The van der Waals surface area contributed by atoms with Gasteiger partial charge in [-0.05, 0) is 38.2 Å². The summed E-state index contributed by atoms with van der Waals surface area (Å²) >= 11 is 2.00. The number of hydrogen-bond acceptors (Lipinski definition) is 3. The Labute approximate surface area is 109 Å². The summed E-state index contributed by atoms with van der Waals surface area (Å²) in [6, 6.07) is 0.505. The van der Waals surface area contributed by atoms with Gasteiger partial charge in [-0.15, -0.1) is 12.4 Å². The van der Waals surface area contributed by atoms with E-state index in [9.17, 15) is 4.79 Å². The van der Waals surface area contributed by atoms with E-state index >= 15 is 0 Å². The number of nitrogens with one attached hydrogen (secondary N) is 1. The molecule has 0 spiro atoms. The number of halogens is 1. The predicted octanol–water partition coefficient (Wildman–Crippen LogP) is 1.76. The first kappa shape index (κ1) is 16.1.